The number of hydrogen-bond donors (Lipinski definition) is 2. The molecule has 0 bridgehead atoms. The van der Waals surface area contributed by atoms with Crippen LogP contribution in [0, 0.1) is 5.92 Å². The molecule has 2 heterocycles. The molecule has 1 aromatic carbocycles. The molecule has 2 N–H and O–H groups in total. The highest BCUT2D eigenvalue weighted by Crippen LogP contribution is 2.24. The number of carbonyl (C=O) groups is 3. The third-order valence-electron chi connectivity index (χ3n) is 5.20. The molecule has 1 fully saturated rings. The van der Waals surface area contributed by atoms with E-state index in [4.69, 9.17) is 0 Å². The van der Waals surface area contributed by atoms with Gasteiger partial charge in [0.25, 0.3) is 5.91 Å². The van der Waals surface area contributed by atoms with Gasteiger partial charge in [0, 0.05) is 31.5 Å². The van der Waals surface area contributed by atoms with Gasteiger partial charge in [0.1, 0.15) is 10.8 Å². The first-order valence-electron chi connectivity index (χ1n) is 10.4. The zero-order chi connectivity index (χ0) is 24.7. The van der Waals surface area contributed by atoms with Gasteiger partial charge in [-0.2, -0.15) is 0 Å². The van der Waals surface area contributed by atoms with Crippen LogP contribution in [0.1, 0.15) is 23.2 Å². The van der Waals surface area contributed by atoms with Crippen LogP contribution in [-0.4, -0.2) is 59.9 Å². The van der Waals surface area contributed by atoms with Crippen molar-refractivity contribution in [3.8, 4) is 5.75 Å². The Labute approximate surface area is 198 Å². The summed E-state index contributed by atoms with van der Waals surface area (Å²) in [6, 6.07) is 7.94. The molecule has 1 saturated heterocycles. The first-order valence-corrected chi connectivity index (χ1v) is 11.6. The van der Waals surface area contributed by atoms with Crippen molar-refractivity contribution < 1.29 is 32.3 Å². The van der Waals surface area contributed by atoms with E-state index in [0.29, 0.717) is 36.5 Å². The normalized spacial score (nSPS) is 14.4. The van der Waals surface area contributed by atoms with Crippen molar-refractivity contribution in [3.63, 3.8) is 0 Å². The predicted molar refractivity (Wildman–Crippen MR) is 119 cm³/mol. The van der Waals surface area contributed by atoms with Crippen molar-refractivity contribution in [1.29, 1.82) is 0 Å². The van der Waals surface area contributed by atoms with Gasteiger partial charge in [-0.05, 0) is 61.4 Å². The Balaban J connectivity index is 1.42. The number of nitrogens with zero attached hydrogens (tertiary/aromatic N) is 2. The second-order valence-corrected chi connectivity index (χ2v) is 8.33. The summed E-state index contributed by atoms with van der Waals surface area (Å²) in [5.41, 5.74) is 0.720. The van der Waals surface area contributed by atoms with Crippen molar-refractivity contribution in [1.82, 2.24) is 15.2 Å². The second-order valence-electron chi connectivity index (χ2n) is 7.53. The van der Waals surface area contributed by atoms with Gasteiger partial charge < -0.3 is 20.3 Å². The van der Waals surface area contributed by atoms with Gasteiger partial charge in [-0.3, -0.25) is 14.4 Å². The molecule has 0 spiro atoms. The lowest BCUT2D eigenvalue weighted by atomic mass is 9.96. The summed E-state index contributed by atoms with van der Waals surface area (Å²) < 4.78 is 40.3. The highest BCUT2D eigenvalue weighted by molar-refractivity contribution is 7.98. The molecule has 0 atom stereocenters. The third kappa shape index (κ3) is 7.11. The number of benzene rings is 1. The number of halogens is 3. The number of likely N-dealkylation sites (tertiary alicyclic amines) is 1. The quantitative estimate of drug-likeness (QED) is 0.470. The van der Waals surface area contributed by atoms with Crippen LogP contribution >= 0.6 is 11.8 Å². The number of carbonyl (C=O) groups excluding carboxylic acids is 3. The average Bonchev–Trinajstić information content (AvgIpc) is 2.82. The lowest BCUT2D eigenvalue weighted by molar-refractivity contribution is -0.274. The number of thioether (sulfide) groups is 1. The van der Waals surface area contributed by atoms with Crippen LogP contribution in [0.3, 0.4) is 0 Å². The molecule has 0 saturated carbocycles. The number of nitrogens with one attached hydrogen (secondary N) is 2. The summed E-state index contributed by atoms with van der Waals surface area (Å²) in [5, 5.41) is 5.57. The lowest BCUT2D eigenvalue weighted by Gasteiger charge is -2.32. The number of anilines is 1. The molecule has 3 amide bonds. The number of aromatic nitrogens is 1. The number of ether oxygens (including phenoxy) is 1. The van der Waals surface area contributed by atoms with Gasteiger partial charge in [-0.25, -0.2) is 4.98 Å². The Hall–Kier alpha value is -3.28. The Kier molecular flexibility index (Phi) is 8.37. The van der Waals surface area contributed by atoms with Gasteiger partial charge in [-0.1, -0.05) is 0 Å². The molecule has 8 nitrogen and oxygen atoms in total. The summed E-state index contributed by atoms with van der Waals surface area (Å²) in [4.78, 5) is 42.9. The molecular formula is C22H23F3N4O4S. The minimum Gasteiger partial charge on any atom is -0.406 e. The average molecular weight is 497 g/mol. The Bertz CT molecular complexity index is 1030. The summed E-state index contributed by atoms with van der Waals surface area (Å²) in [6.45, 7) is 1.33. The van der Waals surface area contributed by atoms with Crippen LogP contribution < -0.4 is 15.4 Å². The van der Waals surface area contributed by atoms with Gasteiger partial charge in [0.05, 0.1) is 5.56 Å². The fraction of sp³-hybridized carbons (Fsp3) is 0.364. The maximum absolute atomic E-state index is 12.8. The largest absolute Gasteiger partial charge is 0.573 e. The van der Waals surface area contributed by atoms with Crippen LogP contribution in [0.4, 0.5) is 18.9 Å². The second kappa shape index (κ2) is 11.2. The summed E-state index contributed by atoms with van der Waals surface area (Å²) in [5.74, 6) is -2.19. The van der Waals surface area contributed by atoms with Crippen LogP contribution in [0.2, 0.25) is 0 Å². The molecule has 182 valence electrons. The Morgan fingerprint density at radius 3 is 2.41 bits per heavy atom. The smallest absolute Gasteiger partial charge is 0.406 e. The molecule has 2 aromatic rings. The summed E-state index contributed by atoms with van der Waals surface area (Å²) in [7, 11) is 0. The van der Waals surface area contributed by atoms with Crippen molar-refractivity contribution in [2.75, 3.05) is 31.2 Å². The van der Waals surface area contributed by atoms with Crippen LogP contribution in [0.25, 0.3) is 0 Å². The Morgan fingerprint density at radius 1 is 1.12 bits per heavy atom. The number of piperidine rings is 1. The van der Waals surface area contributed by atoms with E-state index >= 15 is 0 Å². The fourth-order valence-corrected chi connectivity index (χ4v) is 4.01. The molecule has 3 rings (SSSR count). The van der Waals surface area contributed by atoms with Crippen LogP contribution in [0.15, 0.2) is 47.6 Å². The van der Waals surface area contributed by atoms with Crippen molar-refractivity contribution in [2.24, 2.45) is 5.92 Å². The van der Waals surface area contributed by atoms with E-state index in [1.54, 1.807) is 23.2 Å². The van der Waals surface area contributed by atoms with Gasteiger partial charge in [0.15, 0.2) is 0 Å². The van der Waals surface area contributed by atoms with E-state index in [9.17, 15) is 27.6 Å². The number of amides is 3. The van der Waals surface area contributed by atoms with E-state index < -0.39 is 23.9 Å². The first-order chi connectivity index (χ1) is 16.2. The maximum Gasteiger partial charge on any atom is 0.573 e. The van der Waals surface area contributed by atoms with Crippen molar-refractivity contribution >= 4 is 35.2 Å². The van der Waals surface area contributed by atoms with Gasteiger partial charge >= 0.3 is 18.2 Å². The van der Waals surface area contributed by atoms with Crippen LogP contribution in [0.5, 0.6) is 5.75 Å². The molecule has 1 aliphatic rings. The highest BCUT2D eigenvalue weighted by atomic mass is 32.2. The maximum atomic E-state index is 12.8. The Morgan fingerprint density at radius 2 is 1.79 bits per heavy atom. The third-order valence-corrected chi connectivity index (χ3v) is 5.91. The number of pyridine rings is 1. The first kappa shape index (κ1) is 25.3. The minimum absolute atomic E-state index is 0.0778. The zero-order valence-electron chi connectivity index (χ0n) is 18.2. The minimum atomic E-state index is -4.82. The SMILES string of the molecule is CSc1ncccc1C(=O)N1CCC(CNC(=O)C(=O)Nc2ccc(OC(F)(F)F)cc2)CC1. The predicted octanol–water partition coefficient (Wildman–Crippen LogP) is 3.31. The van der Waals surface area contributed by atoms with Gasteiger partial charge in [0.2, 0.25) is 0 Å². The van der Waals surface area contributed by atoms with Gasteiger partial charge in [-0.15, -0.1) is 24.9 Å². The highest BCUT2D eigenvalue weighted by Gasteiger charge is 2.31. The summed E-state index contributed by atoms with van der Waals surface area (Å²) in [6.07, 6.45) is 0.0311. The monoisotopic (exact) mass is 496 g/mol. The van der Waals surface area contributed by atoms with Crippen LogP contribution in [-0.2, 0) is 9.59 Å². The van der Waals surface area contributed by atoms with E-state index in [1.165, 1.54) is 23.9 Å². The number of rotatable bonds is 6. The molecule has 0 unspecified atom stereocenters. The van der Waals surface area contributed by atoms with E-state index in [-0.39, 0.29) is 24.1 Å². The molecular weight excluding hydrogens is 473 g/mol. The number of alkyl halides is 3. The van der Waals surface area contributed by atoms with E-state index in [0.717, 1.165) is 12.1 Å². The molecule has 0 radical (unpaired) electrons. The van der Waals surface area contributed by atoms with E-state index in [2.05, 4.69) is 20.4 Å². The summed E-state index contributed by atoms with van der Waals surface area (Å²) >= 11 is 1.41. The van der Waals surface area contributed by atoms with E-state index in [1.807, 2.05) is 6.26 Å². The molecule has 0 aliphatic carbocycles. The van der Waals surface area contributed by atoms with Crippen molar-refractivity contribution in [3.05, 3.63) is 48.2 Å². The molecule has 1 aromatic heterocycles. The molecule has 34 heavy (non-hydrogen) atoms. The number of hydrogen-bond acceptors (Lipinski definition) is 6. The standard InChI is InChI=1S/C22H23F3N4O4S/c1-34-20-17(3-2-10-26-20)21(32)29-11-8-14(9-12-29)13-27-18(30)19(31)28-15-4-6-16(7-5-15)33-22(23,24)25/h2-7,10,14H,8-9,11-13H2,1H3,(H,27,30)(H,28,31). The lowest BCUT2D eigenvalue weighted by Crippen LogP contribution is -2.43. The fourth-order valence-electron chi connectivity index (χ4n) is 3.47. The molecule has 12 heteroatoms. The topological polar surface area (TPSA) is 101 Å². The molecule has 1 aliphatic heterocycles. The zero-order valence-corrected chi connectivity index (χ0v) is 19.0. The van der Waals surface area contributed by atoms with Crippen molar-refractivity contribution in [2.45, 2.75) is 24.2 Å².